The van der Waals surface area contributed by atoms with E-state index in [2.05, 4.69) is 30.2 Å². The van der Waals surface area contributed by atoms with Crippen LogP contribution in [0.3, 0.4) is 0 Å². The maximum Gasteiger partial charge on any atom is 0.243 e. The van der Waals surface area contributed by atoms with Gasteiger partial charge in [0.1, 0.15) is 0 Å². The molecule has 0 saturated carbocycles. The van der Waals surface area contributed by atoms with Crippen molar-refractivity contribution in [2.45, 2.75) is 70.7 Å². The van der Waals surface area contributed by atoms with Gasteiger partial charge in [0.2, 0.25) is 10.0 Å². The van der Waals surface area contributed by atoms with E-state index in [1.165, 1.54) is 17.5 Å². The largest absolute Gasteiger partial charge is 0.343 e. The molecule has 0 amide bonds. The molecule has 33 heavy (non-hydrogen) atoms. The van der Waals surface area contributed by atoms with Crippen molar-refractivity contribution in [2.75, 3.05) is 32.7 Å². The molecule has 1 aliphatic carbocycles. The highest BCUT2D eigenvalue weighted by atomic mass is 32.2. The Morgan fingerprint density at radius 2 is 1.58 bits per heavy atom. The lowest BCUT2D eigenvalue weighted by atomic mass is 9.92. The first-order chi connectivity index (χ1) is 15.5. The molecule has 6 nitrogen and oxygen atoms in total. The molecule has 0 unspecified atom stereocenters. The van der Waals surface area contributed by atoms with Crippen LogP contribution < -0.4 is 0 Å². The molecular formula is C26H37N3O3S. The minimum absolute atomic E-state index is 0.0800. The SMILES string of the molecule is Cc1cc(C(=O)CN2CCN(S(=O)(=O)c3ccc4c(c3)CCCC4)CC2)c(C)n1C(C)(C)C. The monoisotopic (exact) mass is 471 g/mol. The smallest absolute Gasteiger partial charge is 0.243 e. The third kappa shape index (κ3) is 4.81. The molecule has 0 bridgehead atoms. The molecule has 1 aromatic heterocycles. The van der Waals surface area contributed by atoms with Crippen molar-refractivity contribution in [3.63, 3.8) is 0 Å². The maximum absolute atomic E-state index is 13.2. The van der Waals surface area contributed by atoms with Gasteiger partial charge in [0.05, 0.1) is 11.4 Å². The lowest BCUT2D eigenvalue weighted by molar-refractivity contribution is 0.0901. The van der Waals surface area contributed by atoms with Crippen LogP contribution in [0.15, 0.2) is 29.2 Å². The molecule has 1 fully saturated rings. The van der Waals surface area contributed by atoms with Crippen LogP contribution in [0.25, 0.3) is 0 Å². The fourth-order valence-electron chi connectivity index (χ4n) is 5.51. The van der Waals surface area contributed by atoms with E-state index in [4.69, 9.17) is 0 Å². The third-order valence-electron chi connectivity index (χ3n) is 7.06. The van der Waals surface area contributed by atoms with Crippen molar-refractivity contribution < 1.29 is 13.2 Å². The quantitative estimate of drug-likeness (QED) is 0.620. The van der Waals surface area contributed by atoms with Gasteiger partial charge in [0.25, 0.3) is 0 Å². The summed E-state index contributed by atoms with van der Waals surface area (Å²) in [7, 11) is -3.51. The lowest BCUT2D eigenvalue weighted by Crippen LogP contribution is -2.49. The predicted molar refractivity (Wildman–Crippen MR) is 132 cm³/mol. The molecule has 7 heteroatoms. The van der Waals surface area contributed by atoms with E-state index in [0.29, 0.717) is 37.6 Å². The Morgan fingerprint density at radius 1 is 0.939 bits per heavy atom. The average Bonchev–Trinajstić information content (AvgIpc) is 3.08. The number of Topliss-reactive ketones (excluding diaryl/α,β-unsaturated/α-hetero) is 1. The van der Waals surface area contributed by atoms with Crippen molar-refractivity contribution in [3.8, 4) is 0 Å². The molecule has 2 aliphatic rings. The second kappa shape index (κ2) is 9.01. The number of sulfonamides is 1. The van der Waals surface area contributed by atoms with Crippen molar-refractivity contribution in [3.05, 3.63) is 52.3 Å². The van der Waals surface area contributed by atoms with Crippen LogP contribution in [-0.2, 0) is 28.4 Å². The first-order valence-corrected chi connectivity index (χ1v) is 13.5. The Bertz CT molecular complexity index is 1150. The normalized spacial score (nSPS) is 18.3. The van der Waals surface area contributed by atoms with Gasteiger partial charge < -0.3 is 4.57 Å². The van der Waals surface area contributed by atoms with Gasteiger partial charge in [0, 0.05) is 48.7 Å². The van der Waals surface area contributed by atoms with Gasteiger partial charge in [-0.05, 0) is 89.6 Å². The summed E-state index contributed by atoms with van der Waals surface area (Å²) in [5, 5.41) is 0. The van der Waals surface area contributed by atoms with Crippen LogP contribution in [-0.4, -0.2) is 60.7 Å². The summed E-state index contributed by atoms with van der Waals surface area (Å²) in [6, 6.07) is 7.62. The highest BCUT2D eigenvalue weighted by Gasteiger charge is 2.31. The van der Waals surface area contributed by atoms with Crippen LogP contribution in [0.5, 0.6) is 0 Å². The van der Waals surface area contributed by atoms with E-state index in [-0.39, 0.29) is 11.3 Å². The zero-order valence-corrected chi connectivity index (χ0v) is 21.5. The molecule has 0 radical (unpaired) electrons. The van der Waals surface area contributed by atoms with E-state index in [9.17, 15) is 13.2 Å². The first-order valence-electron chi connectivity index (χ1n) is 12.1. The van der Waals surface area contributed by atoms with Crippen molar-refractivity contribution in [1.29, 1.82) is 0 Å². The Hall–Kier alpha value is -1.96. The molecule has 2 aromatic rings. The second-order valence-electron chi connectivity index (χ2n) is 10.5. The highest BCUT2D eigenvalue weighted by Crippen LogP contribution is 2.27. The van der Waals surface area contributed by atoms with Crippen LogP contribution in [0, 0.1) is 13.8 Å². The van der Waals surface area contributed by atoms with E-state index in [0.717, 1.165) is 36.2 Å². The Morgan fingerprint density at radius 3 is 2.18 bits per heavy atom. The first kappa shape index (κ1) is 24.2. The molecule has 4 rings (SSSR count). The number of carbonyl (C=O) groups excluding carboxylic acids is 1. The number of ketones is 1. The van der Waals surface area contributed by atoms with Crippen LogP contribution in [0.2, 0.25) is 0 Å². The van der Waals surface area contributed by atoms with Crippen LogP contribution in [0.4, 0.5) is 0 Å². The van der Waals surface area contributed by atoms with E-state index < -0.39 is 10.0 Å². The number of nitrogens with zero attached hydrogens (tertiary/aromatic N) is 3. The van der Waals surface area contributed by atoms with E-state index in [1.807, 2.05) is 32.0 Å². The Kier molecular flexibility index (Phi) is 6.60. The number of hydrogen-bond donors (Lipinski definition) is 0. The fraction of sp³-hybridized carbons (Fsp3) is 0.577. The average molecular weight is 472 g/mol. The molecule has 2 heterocycles. The topological polar surface area (TPSA) is 62.6 Å². The summed E-state index contributed by atoms with van der Waals surface area (Å²) >= 11 is 0. The summed E-state index contributed by atoms with van der Waals surface area (Å²) in [6.45, 7) is 12.7. The number of fused-ring (bicyclic) bond motifs is 1. The van der Waals surface area contributed by atoms with Gasteiger partial charge in [-0.25, -0.2) is 8.42 Å². The molecule has 1 aromatic carbocycles. The van der Waals surface area contributed by atoms with Crippen molar-refractivity contribution in [2.24, 2.45) is 0 Å². The molecule has 1 saturated heterocycles. The Balaban J connectivity index is 1.41. The summed E-state index contributed by atoms with van der Waals surface area (Å²) in [5.74, 6) is 0.101. The highest BCUT2D eigenvalue weighted by molar-refractivity contribution is 7.89. The molecule has 0 N–H and O–H groups in total. The van der Waals surface area contributed by atoms with Crippen molar-refractivity contribution >= 4 is 15.8 Å². The van der Waals surface area contributed by atoms with Gasteiger partial charge in [-0.3, -0.25) is 9.69 Å². The Labute approximate surface area is 198 Å². The number of aryl methyl sites for hydroxylation is 3. The minimum atomic E-state index is -3.51. The molecular weight excluding hydrogens is 434 g/mol. The van der Waals surface area contributed by atoms with Gasteiger partial charge in [0.15, 0.2) is 5.78 Å². The summed E-state index contributed by atoms with van der Waals surface area (Å²) in [5.41, 5.74) is 5.24. The van der Waals surface area contributed by atoms with Crippen LogP contribution >= 0.6 is 0 Å². The summed E-state index contributed by atoms with van der Waals surface area (Å²) < 4.78 is 30.3. The standard InChI is InChI=1S/C26H37N3O3S/c1-19-16-24(20(2)29(19)26(3,4)5)25(30)18-27-12-14-28(15-13-27)33(31,32)23-11-10-21-8-6-7-9-22(21)17-23/h10-11,16-17H,6-9,12-15,18H2,1-5H3. The lowest BCUT2D eigenvalue weighted by Gasteiger charge is -2.33. The number of hydrogen-bond acceptors (Lipinski definition) is 4. The van der Waals surface area contributed by atoms with E-state index in [1.54, 1.807) is 10.4 Å². The van der Waals surface area contributed by atoms with E-state index >= 15 is 0 Å². The number of rotatable bonds is 5. The predicted octanol–water partition coefficient (Wildman–Crippen LogP) is 3.93. The van der Waals surface area contributed by atoms with Gasteiger partial charge >= 0.3 is 0 Å². The molecule has 180 valence electrons. The number of piperazine rings is 1. The number of benzene rings is 1. The molecule has 1 aliphatic heterocycles. The summed E-state index contributed by atoms with van der Waals surface area (Å²) in [4.78, 5) is 15.6. The number of carbonyl (C=O) groups is 1. The minimum Gasteiger partial charge on any atom is -0.343 e. The van der Waals surface area contributed by atoms with Gasteiger partial charge in [-0.15, -0.1) is 0 Å². The van der Waals surface area contributed by atoms with Crippen LogP contribution in [0.1, 0.15) is 66.5 Å². The number of aromatic nitrogens is 1. The van der Waals surface area contributed by atoms with Crippen molar-refractivity contribution in [1.82, 2.24) is 13.8 Å². The van der Waals surface area contributed by atoms with Gasteiger partial charge in [-0.1, -0.05) is 6.07 Å². The molecule has 0 spiro atoms. The summed E-state index contributed by atoms with van der Waals surface area (Å²) in [6.07, 6.45) is 4.31. The second-order valence-corrected chi connectivity index (χ2v) is 12.5. The zero-order valence-electron chi connectivity index (χ0n) is 20.6. The molecule has 0 atom stereocenters. The fourth-order valence-corrected chi connectivity index (χ4v) is 6.99. The zero-order chi connectivity index (χ0) is 24.0. The third-order valence-corrected chi connectivity index (χ3v) is 8.95. The maximum atomic E-state index is 13.2. The van der Waals surface area contributed by atoms with Gasteiger partial charge in [-0.2, -0.15) is 4.31 Å².